The van der Waals surface area contributed by atoms with E-state index in [1.54, 1.807) is 0 Å². The molecule has 1 aromatic carbocycles. The Kier molecular flexibility index (Phi) is 3.36. The van der Waals surface area contributed by atoms with Gasteiger partial charge in [-0.25, -0.2) is 13.2 Å². The fourth-order valence-corrected chi connectivity index (χ4v) is 1.20. The molecule has 1 atom stereocenters. The van der Waals surface area contributed by atoms with Gasteiger partial charge in [-0.15, -0.1) is 0 Å². The molecule has 0 fully saturated rings. The minimum absolute atomic E-state index is 0.105. The molecule has 1 aromatic rings. The zero-order valence-electron chi connectivity index (χ0n) is 8.17. The monoisotopic (exact) mass is 219 g/mol. The van der Waals surface area contributed by atoms with Gasteiger partial charge >= 0.3 is 0 Å². The van der Waals surface area contributed by atoms with Gasteiger partial charge in [0, 0.05) is 0 Å². The smallest absolute Gasteiger partial charge is 0.289 e. The summed E-state index contributed by atoms with van der Waals surface area (Å²) in [6, 6.07) is 1.90. The van der Waals surface area contributed by atoms with Crippen LogP contribution in [-0.4, -0.2) is 17.6 Å². The summed E-state index contributed by atoms with van der Waals surface area (Å²) < 4.78 is 38.9. The van der Waals surface area contributed by atoms with E-state index in [9.17, 15) is 13.2 Å². The molecule has 0 unspecified atom stereocenters. The number of rotatable bonds is 3. The van der Waals surface area contributed by atoms with E-state index in [2.05, 4.69) is 0 Å². The third-order valence-electron chi connectivity index (χ3n) is 2.21. The van der Waals surface area contributed by atoms with Crippen LogP contribution in [0.25, 0.3) is 0 Å². The first-order valence-electron chi connectivity index (χ1n) is 4.39. The van der Waals surface area contributed by atoms with Crippen LogP contribution in [0.4, 0.5) is 13.2 Å². The van der Waals surface area contributed by atoms with Crippen molar-refractivity contribution in [3.05, 3.63) is 35.1 Å². The molecule has 0 aliphatic heterocycles. The molecule has 0 heterocycles. The summed E-state index contributed by atoms with van der Waals surface area (Å²) in [5.74, 6) is -3.87. The summed E-state index contributed by atoms with van der Waals surface area (Å²) in [7, 11) is 0. The highest BCUT2D eigenvalue weighted by Gasteiger charge is 2.37. The summed E-state index contributed by atoms with van der Waals surface area (Å²) in [6.07, 6.45) is 0. The fourth-order valence-electron chi connectivity index (χ4n) is 1.20. The highest BCUT2D eigenvalue weighted by Crippen LogP contribution is 2.29. The van der Waals surface area contributed by atoms with Crippen LogP contribution >= 0.6 is 0 Å². The predicted octanol–water partition coefficient (Wildman–Crippen LogP) is 1.76. The summed E-state index contributed by atoms with van der Waals surface area (Å²) in [6.45, 7) is 0.132. The average Bonchev–Trinajstić information content (AvgIpc) is 2.21. The van der Waals surface area contributed by atoms with Crippen molar-refractivity contribution >= 4 is 0 Å². The highest BCUT2D eigenvalue weighted by molar-refractivity contribution is 5.27. The summed E-state index contributed by atoms with van der Waals surface area (Å²) in [4.78, 5) is 0. The molecule has 5 heteroatoms. The molecular formula is C10H12F3NO. The third-order valence-corrected chi connectivity index (χ3v) is 2.21. The Morgan fingerprint density at radius 2 is 2.07 bits per heavy atom. The van der Waals surface area contributed by atoms with Crippen molar-refractivity contribution in [3.63, 3.8) is 0 Å². The van der Waals surface area contributed by atoms with Gasteiger partial charge in [-0.3, -0.25) is 0 Å². The third kappa shape index (κ3) is 2.49. The molecule has 0 spiro atoms. The van der Waals surface area contributed by atoms with Crippen molar-refractivity contribution in [1.29, 1.82) is 0 Å². The number of aryl methyl sites for hydroxylation is 1. The van der Waals surface area contributed by atoms with Crippen molar-refractivity contribution < 1.29 is 18.3 Å². The molecule has 2 nitrogen and oxygen atoms in total. The van der Waals surface area contributed by atoms with E-state index in [-0.39, 0.29) is 11.1 Å². The number of benzene rings is 1. The number of aliphatic hydroxyl groups is 1. The summed E-state index contributed by atoms with van der Waals surface area (Å²) in [5, 5.41) is 8.45. The molecule has 0 aliphatic carbocycles. The lowest BCUT2D eigenvalue weighted by molar-refractivity contribution is -0.0712. The second kappa shape index (κ2) is 4.20. The SMILES string of the molecule is Cc1cc([C@@H](N)C(F)(F)CO)ccc1F. The van der Waals surface area contributed by atoms with Gasteiger partial charge in [0.1, 0.15) is 12.4 Å². The predicted molar refractivity (Wildman–Crippen MR) is 50.1 cm³/mol. The Morgan fingerprint density at radius 3 is 2.53 bits per heavy atom. The topological polar surface area (TPSA) is 46.2 Å². The quantitative estimate of drug-likeness (QED) is 0.813. The Balaban J connectivity index is 3.02. The number of hydrogen-bond acceptors (Lipinski definition) is 2. The fraction of sp³-hybridized carbons (Fsp3) is 0.400. The first kappa shape index (κ1) is 12.0. The lowest BCUT2D eigenvalue weighted by atomic mass is 10.00. The maximum absolute atomic E-state index is 13.0. The summed E-state index contributed by atoms with van der Waals surface area (Å²) >= 11 is 0. The van der Waals surface area contributed by atoms with E-state index in [1.807, 2.05) is 0 Å². The van der Waals surface area contributed by atoms with E-state index < -0.39 is 24.4 Å². The normalized spacial score (nSPS) is 14.0. The van der Waals surface area contributed by atoms with Crippen molar-refractivity contribution in [2.45, 2.75) is 18.9 Å². The Bertz CT molecular complexity index is 355. The Labute approximate surface area is 85.5 Å². The number of halogens is 3. The van der Waals surface area contributed by atoms with Gasteiger partial charge in [0.25, 0.3) is 5.92 Å². The van der Waals surface area contributed by atoms with Crippen LogP contribution in [0.3, 0.4) is 0 Å². The average molecular weight is 219 g/mol. The van der Waals surface area contributed by atoms with Gasteiger partial charge in [0.15, 0.2) is 0 Å². The lowest BCUT2D eigenvalue weighted by Crippen LogP contribution is -2.36. The Hall–Kier alpha value is -1.07. The highest BCUT2D eigenvalue weighted by atomic mass is 19.3. The van der Waals surface area contributed by atoms with Crippen LogP contribution in [-0.2, 0) is 0 Å². The maximum atomic E-state index is 13.0. The molecule has 0 radical (unpaired) electrons. The van der Waals surface area contributed by atoms with Crippen molar-refractivity contribution in [3.8, 4) is 0 Å². The van der Waals surface area contributed by atoms with Gasteiger partial charge in [-0.05, 0) is 24.1 Å². The van der Waals surface area contributed by atoms with Crippen LogP contribution in [0, 0.1) is 12.7 Å². The molecule has 1 rings (SSSR count). The van der Waals surface area contributed by atoms with E-state index in [4.69, 9.17) is 10.8 Å². The van der Waals surface area contributed by atoms with Crippen molar-refractivity contribution in [2.75, 3.05) is 6.61 Å². The molecule has 0 bridgehead atoms. The first-order chi connectivity index (χ1) is 6.88. The minimum Gasteiger partial charge on any atom is -0.390 e. The largest absolute Gasteiger partial charge is 0.390 e. The zero-order chi connectivity index (χ0) is 11.6. The molecule has 0 amide bonds. The second-order valence-electron chi connectivity index (χ2n) is 3.41. The Morgan fingerprint density at radius 1 is 1.47 bits per heavy atom. The van der Waals surface area contributed by atoms with Crippen LogP contribution in [0.2, 0.25) is 0 Å². The number of alkyl halides is 2. The van der Waals surface area contributed by atoms with Gasteiger partial charge < -0.3 is 10.8 Å². The molecule has 3 N–H and O–H groups in total. The second-order valence-corrected chi connectivity index (χ2v) is 3.41. The van der Waals surface area contributed by atoms with Gasteiger partial charge in [0.05, 0.1) is 6.04 Å². The maximum Gasteiger partial charge on any atom is 0.289 e. The number of aliphatic hydroxyl groups excluding tert-OH is 1. The van der Waals surface area contributed by atoms with E-state index in [0.29, 0.717) is 0 Å². The minimum atomic E-state index is -3.40. The van der Waals surface area contributed by atoms with Crippen LogP contribution in [0.5, 0.6) is 0 Å². The van der Waals surface area contributed by atoms with Crippen LogP contribution < -0.4 is 5.73 Å². The van der Waals surface area contributed by atoms with Gasteiger partial charge in [-0.1, -0.05) is 12.1 Å². The van der Waals surface area contributed by atoms with Crippen molar-refractivity contribution in [1.82, 2.24) is 0 Å². The van der Waals surface area contributed by atoms with E-state index >= 15 is 0 Å². The van der Waals surface area contributed by atoms with Crippen LogP contribution in [0.15, 0.2) is 18.2 Å². The van der Waals surface area contributed by atoms with Gasteiger partial charge in [0.2, 0.25) is 0 Å². The molecular weight excluding hydrogens is 207 g/mol. The number of nitrogens with two attached hydrogens (primary N) is 1. The molecule has 84 valence electrons. The number of hydrogen-bond donors (Lipinski definition) is 2. The van der Waals surface area contributed by atoms with Crippen molar-refractivity contribution in [2.24, 2.45) is 5.73 Å². The lowest BCUT2D eigenvalue weighted by Gasteiger charge is -2.21. The molecule has 0 aromatic heterocycles. The van der Waals surface area contributed by atoms with Crippen LogP contribution in [0.1, 0.15) is 17.2 Å². The van der Waals surface area contributed by atoms with E-state index in [0.717, 1.165) is 6.07 Å². The summed E-state index contributed by atoms with van der Waals surface area (Å²) in [5.41, 5.74) is 5.62. The van der Waals surface area contributed by atoms with Gasteiger partial charge in [-0.2, -0.15) is 0 Å². The first-order valence-corrected chi connectivity index (χ1v) is 4.39. The molecule has 0 saturated heterocycles. The standard InChI is InChI=1S/C10H12F3NO/c1-6-4-7(2-3-8(6)11)9(14)10(12,13)5-15/h2-4,9,15H,5,14H2,1H3/t9-/m1/s1. The molecule has 0 saturated carbocycles. The molecule has 15 heavy (non-hydrogen) atoms. The zero-order valence-corrected chi connectivity index (χ0v) is 8.17. The molecule has 0 aliphatic rings. The van der Waals surface area contributed by atoms with E-state index in [1.165, 1.54) is 19.1 Å².